The van der Waals surface area contributed by atoms with Gasteiger partial charge in [0.2, 0.25) is 11.8 Å². The summed E-state index contributed by atoms with van der Waals surface area (Å²) in [6.45, 7) is 4.24. The highest BCUT2D eigenvalue weighted by Gasteiger charge is 2.31. The summed E-state index contributed by atoms with van der Waals surface area (Å²) < 4.78 is 32.1. The molecule has 1 saturated heterocycles. The summed E-state index contributed by atoms with van der Waals surface area (Å²) in [4.78, 5) is 26.1. The zero-order valence-corrected chi connectivity index (χ0v) is 16.6. The Kier molecular flexibility index (Phi) is 8.32. The monoisotopic (exact) mass is 397 g/mol. The first-order valence-electron chi connectivity index (χ1n) is 9.57. The average molecular weight is 397 g/mol. The summed E-state index contributed by atoms with van der Waals surface area (Å²) in [7, 11) is 1.93. The Morgan fingerprint density at radius 2 is 1.89 bits per heavy atom. The lowest BCUT2D eigenvalue weighted by Crippen LogP contribution is -2.43. The number of hydrogen-bond donors (Lipinski definition) is 2. The van der Waals surface area contributed by atoms with Crippen LogP contribution in [0.15, 0.2) is 18.2 Å². The number of benzene rings is 1. The summed E-state index contributed by atoms with van der Waals surface area (Å²) in [5.41, 5.74) is 0.123. The van der Waals surface area contributed by atoms with Crippen LogP contribution in [0.3, 0.4) is 0 Å². The molecule has 2 N–H and O–H groups in total. The molecule has 0 spiro atoms. The van der Waals surface area contributed by atoms with Gasteiger partial charge < -0.3 is 15.4 Å². The van der Waals surface area contributed by atoms with E-state index in [9.17, 15) is 18.4 Å². The zero-order valence-electron chi connectivity index (χ0n) is 16.6. The molecule has 0 aromatic heterocycles. The van der Waals surface area contributed by atoms with E-state index in [1.54, 1.807) is 0 Å². The molecule has 0 aliphatic carbocycles. The Hall–Kier alpha value is -2.06. The van der Waals surface area contributed by atoms with E-state index in [1.165, 1.54) is 12.1 Å². The predicted molar refractivity (Wildman–Crippen MR) is 101 cm³/mol. The van der Waals surface area contributed by atoms with Gasteiger partial charge in [-0.25, -0.2) is 8.78 Å². The molecule has 2 atom stereocenters. The highest BCUT2D eigenvalue weighted by Crippen LogP contribution is 2.24. The second kappa shape index (κ2) is 10.5. The topological polar surface area (TPSA) is 70.7 Å². The van der Waals surface area contributed by atoms with Gasteiger partial charge in [-0.3, -0.25) is 14.5 Å². The van der Waals surface area contributed by atoms with Gasteiger partial charge in [0.25, 0.3) is 0 Å². The van der Waals surface area contributed by atoms with Crippen LogP contribution in [0.4, 0.5) is 8.78 Å². The maximum absolute atomic E-state index is 13.6. The van der Waals surface area contributed by atoms with Crippen LogP contribution in [0, 0.1) is 11.6 Å². The number of nitrogens with one attached hydrogen (secondary N) is 2. The number of ether oxygens (including phenoxy) is 1. The predicted octanol–water partition coefficient (Wildman–Crippen LogP) is 1.98. The van der Waals surface area contributed by atoms with Crippen LogP contribution in [0.25, 0.3) is 0 Å². The van der Waals surface area contributed by atoms with Crippen molar-refractivity contribution >= 4 is 11.8 Å². The molecule has 8 heteroatoms. The quantitative estimate of drug-likeness (QED) is 0.669. The van der Waals surface area contributed by atoms with Crippen molar-refractivity contribution in [2.45, 2.75) is 57.8 Å². The smallest absolute Gasteiger partial charge is 0.246 e. The van der Waals surface area contributed by atoms with Crippen molar-refractivity contribution in [1.82, 2.24) is 15.5 Å². The Labute approximate surface area is 164 Å². The van der Waals surface area contributed by atoms with E-state index >= 15 is 0 Å². The van der Waals surface area contributed by atoms with Crippen molar-refractivity contribution in [3.8, 4) is 0 Å². The fraction of sp³-hybridized carbons (Fsp3) is 0.600. The van der Waals surface area contributed by atoms with Gasteiger partial charge in [0, 0.05) is 37.2 Å². The first kappa shape index (κ1) is 22.2. The van der Waals surface area contributed by atoms with E-state index < -0.39 is 11.6 Å². The summed E-state index contributed by atoms with van der Waals surface area (Å²) in [5, 5.41) is 5.51. The number of amides is 2. The number of likely N-dealkylation sites (N-methyl/N-ethyl adjacent to an activating group) is 1. The number of halogens is 2. The first-order valence-corrected chi connectivity index (χ1v) is 9.57. The van der Waals surface area contributed by atoms with E-state index in [0.717, 1.165) is 18.9 Å². The lowest BCUT2D eigenvalue weighted by molar-refractivity contribution is -0.127. The molecule has 0 saturated carbocycles. The number of nitrogens with zero attached hydrogens (tertiary/aromatic N) is 1. The number of rotatable bonds is 9. The van der Waals surface area contributed by atoms with E-state index in [-0.39, 0.29) is 55.1 Å². The molecule has 1 aromatic carbocycles. The maximum Gasteiger partial charge on any atom is 0.246 e. The molecule has 1 fully saturated rings. The van der Waals surface area contributed by atoms with Crippen molar-refractivity contribution in [3.63, 3.8) is 0 Å². The molecule has 28 heavy (non-hydrogen) atoms. The third-order valence-electron chi connectivity index (χ3n) is 5.00. The molecule has 2 amide bonds. The molecule has 0 radical (unpaired) electrons. The first-order chi connectivity index (χ1) is 13.3. The molecule has 156 valence electrons. The van der Waals surface area contributed by atoms with Gasteiger partial charge >= 0.3 is 0 Å². The summed E-state index contributed by atoms with van der Waals surface area (Å²) >= 11 is 0. The summed E-state index contributed by atoms with van der Waals surface area (Å²) in [6.07, 6.45) is 1.98. The number of hydrogen-bond acceptors (Lipinski definition) is 4. The SMILES string of the molecule is CC(C)OCC(=O)NC[C@@H]1CC[C@H](CC(=O)NCc2cccc(F)c2F)N1C. The van der Waals surface area contributed by atoms with Crippen molar-refractivity contribution < 1.29 is 23.1 Å². The summed E-state index contributed by atoms with van der Waals surface area (Å²) in [5.74, 6) is -2.22. The van der Waals surface area contributed by atoms with Crippen LogP contribution in [0.5, 0.6) is 0 Å². The van der Waals surface area contributed by atoms with Gasteiger partial charge in [-0.05, 0) is 39.8 Å². The van der Waals surface area contributed by atoms with E-state index in [2.05, 4.69) is 15.5 Å². The van der Waals surface area contributed by atoms with E-state index in [4.69, 9.17) is 4.74 Å². The van der Waals surface area contributed by atoms with Crippen molar-refractivity contribution in [1.29, 1.82) is 0 Å². The minimum Gasteiger partial charge on any atom is -0.369 e. The molecule has 1 aliphatic rings. The van der Waals surface area contributed by atoms with Crippen molar-refractivity contribution in [2.24, 2.45) is 0 Å². The van der Waals surface area contributed by atoms with E-state index in [1.807, 2.05) is 20.9 Å². The van der Waals surface area contributed by atoms with Gasteiger partial charge in [0.15, 0.2) is 11.6 Å². The molecule has 1 heterocycles. The second-order valence-electron chi connectivity index (χ2n) is 7.41. The Morgan fingerprint density at radius 3 is 2.61 bits per heavy atom. The van der Waals surface area contributed by atoms with Crippen molar-refractivity contribution in [3.05, 3.63) is 35.4 Å². The van der Waals surface area contributed by atoms with Crippen molar-refractivity contribution in [2.75, 3.05) is 20.2 Å². The Bertz CT molecular complexity index is 685. The number of carbonyl (C=O) groups excluding carboxylic acids is 2. The molecule has 2 rings (SSSR count). The number of carbonyl (C=O) groups is 2. The zero-order chi connectivity index (χ0) is 20.7. The largest absolute Gasteiger partial charge is 0.369 e. The highest BCUT2D eigenvalue weighted by atomic mass is 19.2. The fourth-order valence-electron chi connectivity index (χ4n) is 3.27. The highest BCUT2D eigenvalue weighted by molar-refractivity contribution is 5.77. The van der Waals surface area contributed by atoms with Crippen LogP contribution in [-0.2, 0) is 20.9 Å². The molecule has 6 nitrogen and oxygen atoms in total. The minimum absolute atomic E-state index is 0.00338. The lowest BCUT2D eigenvalue weighted by Gasteiger charge is -2.25. The second-order valence-corrected chi connectivity index (χ2v) is 7.41. The Morgan fingerprint density at radius 1 is 1.18 bits per heavy atom. The Balaban J connectivity index is 1.73. The number of likely N-dealkylation sites (tertiary alicyclic amines) is 1. The fourth-order valence-corrected chi connectivity index (χ4v) is 3.27. The van der Waals surface area contributed by atoms with Crippen LogP contribution >= 0.6 is 0 Å². The molecule has 1 aromatic rings. The maximum atomic E-state index is 13.6. The van der Waals surface area contributed by atoms with E-state index in [0.29, 0.717) is 6.54 Å². The van der Waals surface area contributed by atoms with Gasteiger partial charge in [0.1, 0.15) is 6.61 Å². The molecule has 0 unspecified atom stereocenters. The average Bonchev–Trinajstić information content (AvgIpc) is 2.99. The van der Waals surface area contributed by atoms with Crippen LogP contribution in [0.1, 0.15) is 38.7 Å². The summed E-state index contributed by atoms with van der Waals surface area (Å²) in [6, 6.07) is 4.10. The standard InChI is InChI=1S/C20H29F2N3O3/c1-13(2)28-12-19(27)24-11-16-8-7-15(25(16)3)9-18(26)23-10-14-5-4-6-17(21)20(14)22/h4-6,13,15-16H,7-12H2,1-3H3,(H,23,26)(H,24,27)/t15-,16+/m1/s1. The van der Waals surface area contributed by atoms with Crippen LogP contribution in [0.2, 0.25) is 0 Å². The minimum atomic E-state index is -0.932. The van der Waals surface area contributed by atoms with Crippen LogP contribution < -0.4 is 10.6 Å². The van der Waals surface area contributed by atoms with Gasteiger partial charge in [-0.1, -0.05) is 12.1 Å². The lowest BCUT2D eigenvalue weighted by atomic mass is 10.1. The van der Waals surface area contributed by atoms with Crippen LogP contribution in [-0.4, -0.2) is 55.1 Å². The normalized spacial score (nSPS) is 19.8. The third kappa shape index (κ3) is 6.53. The third-order valence-corrected chi connectivity index (χ3v) is 5.00. The van der Waals surface area contributed by atoms with Gasteiger partial charge in [-0.15, -0.1) is 0 Å². The molecular formula is C20H29F2N3O3. The van der Waals surface area contributed by atoms with Gasteiger partial charge in [-0.2, -0.15) is 0 Å². The molecule has 0 bridgehead atoms. The van der Waals surface area contributed by atoms with Gasteiger partial charge in [0.05, 0.1) is 6.10 Å². The molecule has 1 aliphatic heterocycles. The molecular weight excluding hydrogens is 368 g/mol.